The zero-order valence-corrected chi connectivity index (χ0v) is 11.7. The number of carbonyl (C=O) groups is 2. The van der Waals surface area contributed by atoms with Crippen LogP contribution in [0.5, 0.6) is 0 Å². The van der Waals surface area contributed by atoms with E-state index in [1.165, 1.54) is 18.2 Å². The molecule has 1 unspecified atom stereocenters. The number of methoxy groups -OCH3 is 1. The maximum Gasteiger partial charge on any atom is 0.311 e. The average molecular weight is 324 g/mol. The van der Waals surface area contributed by atoms with Crippen molar-refractivity contribution in [3.8, 4) is 6.07 Å². The summed E-state index contributed by atoms with van der Waals surface area (Å²) in [6, 6.07) is 3.55. The second-order valence-corrected chi connectivity index (χ2v) is 4.92. The maximum atomic E-state index is 11.9. The monoisotopic (exact) mass is 323 g/mol. The molecule has 2 heterocycles. The fourth-order valence-corrected chi connectivity index (χ4v) is 2.49. The quantitative estimate of drug-likeness (QED) is 0.765. The van der Waals surface area contributed by atoms with Crippen LogP contribution in [0.15, 0.2) is 16.7 Å². The summed E-state index contributed by atoms with van der Waals surface area (Å²) in [5.74, 6) is -0.647. The second kappa shape index (κ2) is 5.36. The number of aromatic nitrogens is 1. The van der Waals surface area contributed by atoms with Crippen molar-refractivity contribution in [3.05, 3.63) is 22.3 Å². The molecule has 19 heavy (non-hydrogen) atoms. The summed E-state index contributed by atoms with van der Waals surface area (Å²) < 4.78 is 5.19. The Morgan fingerprint density at radius 3 is 3.00 bits per heavy atom. The number of pyridine rings is 1. The van der Waals surface area contributed by atoms with Gasteiger partial charge < -0.3 is 4.74 Å². The van der Waals surface area contributed by atoms with Crippen molar-refractivity contribution in [1.29, 1.82) is 5.26 Å². The summed E-state index contributed by atoms with van der Waals surface area (Å²) in [5, 5.41) is 8.76. The van der Waals surface area contributed by atoms with Crippen LogP contribution in [0.3, 0.4) is 0 Å². The van der Waals surface area contributed by atoms with Gasteiger partial charge in [-0.3, -0.25) is 14.5 Å². The van der Waals surface area contributed by atoms with Gasteiger partial charge in [0.2, 0.25) is 5.91 Å². The van der Waals surface area contributed by atoms with E-state index in [2.05, 4.69) is 25.7 Å². The number of anilines is 1. The Labute approximate surface area is 118 Å². The van der Waals surface area contributed by atoms with E-state index < -0.39 is 11.9 Å². The number of esters is 1. The molecule has 1 saturated heterocycles. The molecule has 0 aliphatic carbocycles. The number of nitrogens with zero attached hydrogens (tertiary/aromatic N) is 3. The van der Waals surface area contributed by atoms with E-state index in [0.717, 1.165) is 0 Å². The van der Waals surface area contributed by atoms with E-state index >= 15 is 0 Å². The largest absolute Gasteiger partial charge is 0.469 e. The van der Waals surface area contributed by atoms with Crippen LogP contribution in [-0.4, -0.2) is 30.5 Å². The minimum absolute atomic E-state index is 0.112. The van der Waals surface area contributed by atoms with Crippen molar-refractivity contribution in [2.45, 2.75) is 6.42 Å². The molecule has 1 aliphatic heterocycles. The molecular weight excluding hydrogens is 314 g/mol. The van der Waals surface area contributed by atoms with E-state index in [1.54, 1.807) is 6.07 Å². The molecule has 0 bridgehead atoms. The third-order valence-corrected chi connectivity index (χ3v) is 3.45. The van der Waals surface area contributed by atoms with Gasteiger partial charge in [0.05, 0.1) is 23.1 Å². The van der Waals surface area contributed by atoms with Crippen molar-refractivity contribution >= 4 is 33.6 Å². The third-order valence-electron chi connectivity index (χ3n) is 2.87. The van der Waals surface area contributed by atoms with Gasteiger partial charge in [-0.15, -0.1) is 0 Å². The van der Waals surface area contributed by atoms with Gasteiger partial charge in [-0.2, -0.15) is 5.26 Å². The summed E-state index contributed by atoms with van der Waals surface area (Å²) in [4.78, 5) is 28.9. The van der Waals surface area contributed by atoms with Crippen molar-refractivity contribution in [2.75, 3.05) is 18.6 Å². The molecule has 7 heteroatoms. The van der Waals surface area contributed by atoms with Crippen LogP contribution in [0, 0.1) is 17.2 Å². The molecule has 1 aromatic rings. The normalized spacial score (nSPS) is 18.3. The number of nitriles is 1. The van der Waals surface area contributed by atoms with Gasteiger partial charge in [-0.1, -0.05) is 0 Å². The minimum atomic E-state index is -0.471. The van der Waals surface area contributed by atoms with Crippen molar-refractivity contribution in [3.63, 3.8) is 0 Å². The molecule has 98 valence electrons. The van der Waals surface area contributed by atoms with E-state index in [0.29, 0.717) is 15.9 Å². The first-order chi connectivity index (χ1) is 9.06. The first kappa shape index (κ1) is 13.5. The molecule has 1 aromatic heterocycles. The predicted octanol–water partition coefficient (Wildman–Crippen LogP) is 1.24. The number of rotatable bonds is 2. The Morgan fingerprint density at radius 1 is 1.68 bits per heavy atom. The van der Waals surface area contributed by atoms with Crippen LogP contribution in [-0.2, 0) is 14.3 Å². The Balaban J connectivity index is 2.26. The standard InChI is InChI=1S/C12H10BrN3O3/c1-19-12(18)8-3-10(17)16(6-8)11-9(13)2-7(4-14)5-15-11/h2,5,8H,3,6H2,1H3. The number of hydrogen-bond donors (Lipinski definition) is 0. The maximum absolute atomic E-state index is 11.9. The molecule has 1 atom stereocenters. The van der Waals surface area contributed by atoms with Gasteiger partial charge >= 0.3 is 5.97 Å². The molecule has 0 spiro atoms. The number of ether oxygens (including phenoxy) is 1. The second-order valence-electron chi connectivity index (χ2n) is 4.07. The van der Waals surface area contributed by atoms with Gasteiger partial charge in [0, 0.05) is 19.2 Å². The van der Waals surface area contributed by atoms with Gasteiger partial charge in [0.15, 0.2) is 0 Å². The molecule has 1 fully saturated rings. The highest BCUT2D eigenvalue weighted by atomic mass is 79.9. The molecule has 1 aliphatic rings. The molecule has 0 N–H and O–H groups in total. The van der Waals surface area contributed by atoms with E-state index in [4.69, 9.17) is 5.26 Å². The summed E-state index contributed by atoms with van der Waals surface area (Å²) in [6.45, 7) is 0.239. The topological polar surface area (TPSA) is 83.3 Å². The van der Waals surface area contributed by atoms with Crippen LogP contribution in [0.4, 0.5) is 5.82 Å². The van der Waals surface area contributed by atoms with E-state index in [9.17, 15) is 9.59 Å². The molecule has 2 rings (SSSR count). The van der Waals surface area contributed by atoms with Gasteiger partial charge in [0.1, 0.15) is 11.9 Å². The average Bonchev–Trinajstić information content (AvgIpc) is 2.79. The van der Waals surface area contributed by atoms with E-state index in [1.807, 2.05) is 6.07 Å². The summed E-state index contributed by atoms with van der Waals surface area (Å²) in [5.41, 5.74) is 0.395. The molecule has 0 aromatic carbocycles. The third kappa shape index (κ3) is 2.58. The van der Waals surface area contributed by atoms with Crippen molar-refractivity contribution < 1.29 is 14.3 Å². The number of carbonyl (C=O) groups excluding carboxylic acids is 2. The van der Waals surface area contributed by atoms with Crippen LogP contribution in [0.25, 0.3) is 0 Å². The fourth-order valence-electron chi connectivity index (χ4n) is 1.93. The first-order valence-corrected chi connectivity index (χ1v) is 6.30. The summed E-state index contributed by atoms with van der Waals surface area (Å²) in [6.07, 6.45) is 1.50. The Hall–Kier alpha value is -1.94. The lowest BCUT2D eigenvalue weighted by Gasteiger charge is -2.16. The molecule has 0 saturated carbocycles. The predicted molar refractivity (Wildman–Crippen MR) is 69.1 cm³/mol. The summed E-state index contributed by atoms with van der Waals surface area (Å²) in [7, 11) is 1.30. The van der Waals surface area contributed by atoms with E-state index in [-0.39, 0.29) is 18.9 Å². The molecule has 0 radical (unpaired) electrons. The number of amides is 1. The first-order valence-electron chi connectivity index (χ1n) is 5.50. The highest BCUT2D eigenvalue weighted by Gasteiger charge is 2.37. The molecule has 6 nitrogen and oxygen atoms in total. The van der Waals surface area contributed by atoms with Gasteiger partial charge in [-0.05, 0) is 22.0 Å². The highest BCUT2D eigenvalue weighted by Crippen LogP contribution is 2.30. The van der Waals surface area contributed by atoms with Crippen LogP contribution < -0.4 is 4.90 Å². The number of hydrogen-bond acceptors (Lipinski definition) is 5. The number of halogens is 1. The van der Waals surface area contributed by atoms with Gasteiger partial charge in [-0.25, -0.2) is 4.98 Å². The zero-order chi connectivity index (χ0) is 14.0. The Bertz CT molecular complexity index is 582. The highest BCUT2D eigenvalue weighted by molar-refractivity contribution is 9.10. The molecular formula is C12H10BrN3O3. The zero-order valence-electron chi connectivity index (χ0n) is 10.1. The van der Waals surface area contributed by atoms with Crippen LogP contribution >= 0.6 is 15.9 Å². The Kier molecular flexibility index (Phi) is 3.81. The van der Waals surface area contributed by atoms with Crippen LogP contribution in [0.1, 0.15) is 12.0 Å². The minimum Gasteiger partial charge on any atom is -0.469 e. The van der Waals surface area contributed by atoms with Crippen molar-refractivity contribution in [1.82, 2.24) is 4.98 Å². The smallest absolute Gasteiger partial charge is 0.311 e. The van der Waals surface area contributed by atoms with Gasteiger partial charge in [0.25, 0.3) is 0 Å². The molecule has 1 amide bonds. The lowest BCUT2D eigenvalue weighted by Crippen LogP contribution is -2.27. The van der Waals surface area contributed by atoms with Crippen molar-refractivity contribution in [2.24, 2.45) is 5.92 Å². The lowest BCUT2D eigenvalue weighted by atomic mass is 10.1. The summed E-state index contributed by atoms with van der Waals surface area (Å²) >= 11 is 3.28. The fraction of sp³-hybridized carbons (Fsp3) is 0.333. The SMILES string of the molecule is COC(=O)C1CC(=O)N(c2ncc(C#N)cc2Br)C1. The lowest BCUT2D eigenvalue weighted by molar-refractivity contribution is -0.145. The van der Waals surface area contributed by atoms with Crippen LogP contribution in [0.2, 0.25) is 0 Å². The Morgan fingerprint density at radius 2 is 2.42 bits per heavy atom.